The first-order valence-electron chi connectivity index (χ1n) is 10.7. The first-order chi connectivity index (χ1) is 17.4. The molecular weight excluding hydrogens is 527 g/mol. The quantitative estimate of drug-likeness (QED) is 0.214. The number of aromatic nitrogens is 1. The summed E-state index contributed by atoms with van der Waals surface area (Å²) in [7, 11) is -4.04. The first-order valence-corrected chi connectivity index (χ1v) is 12.6. The van der Waals surface area contributed by atoms with Gasteiger partial charge in [0.05, 0.1) is 23.3 Å². The largest absolute Gasteiger partial charge is 0.493 e. The number of nitrogens with zero attached hydrogens (tertiary/aromatic N) is 3. The van der Waals surface area contributed by atoms with Gasteiger partial charge in [-0.2, -0.15) is 13.2 Å². The van der Waals surface area contributed by atoms with Crippen LogP contribution < -0.4 is 10.5 Å². The number of primary sulfonamides is 1. The van der Waals surface area contributed by atoms with Gasteiger partial charge in [-0.3, -0.25) is 0 Å². The SMILES string of the molecule is Cc1ccc2c(c1)c(N=NC(=S)Nc1ccccc1S(N)(=O)=O)c(O)n2Cc1ccccc1C(F)(F)F. The first kappa shape index (κ1) is 26.3. The van der Waals surface area contributed by atoms with Gasteiger partial charge in [0, 0.05) is 5.39 Å². The van der Waals surface area contributed by atoms with Crippen LogP contribution in [0, 0.1) is 6.92 Å². The molecule has 0 amide bonds. The lowest BCUT2D eigenvalue weighted by molar-refractivity contribution is -0.138. The molecule has 37 heavy (non-hydrogen) atoms. The van der Waals surface area contributed by atoms with Crippen molar-refractivity contribution in [2.24, 2.45) is 15.4 Å². The highest BCUT2D eigenvalue weighted by molar-refractivity contribution is 7.89. The van der Waals surface area contributed by atoms with E-state index in [2.05, 4.69) is 15.5 Å². The molecule has 0 saturated heterocycles. The molecule has 0 radical (unpaired) electrons. The van der Waals surface area contributed by atoms with Crippen LogP contribution in [-0.2, 0) is 22.7 Å². The van der Waals surface area contributed by atoms with Crippen molar-refractivity contribution < 1.29 is 26.7 Å². The van der Waals surface area contributed by atoms with Gasteiger partial charge in [0.1, 0.15) is 4.90 Å². The van der Waals surface area contributed by atoms with Gasteiger partial charge in [-0.1, -0.05) is 42.0 Å². The van der Waals surface area contributed by atoms with E-state index in [1.54, 1.807) is 24.3 Å². The minimum Gasteiger partial charge on any atom is -0.493 e. The van der Waals surface area contributed by atoms with Crippen LogP contribution in [0.3, 0.4) is 0 Å². The Labute approximate surface area is 215 Å². The molecule has 1 aromatic heterocycles. The lowest BCUT2D eigenvalue weighted by Crippen LogP contribution is -2.16. The van der Waals surface area contributed by atoms with Crippen molar-refractivity contribution in [3.63, 3.8) is 0 Å². The highest BCUT2D eigenvalue weighted by Crippen LogP contribution is 2.41. The molecular formula is C24H20F3N5O3S2. The normalized spacial score (nSPS) is 12.4. The number of benzene rings is 3. The molecule has 0 aliphatic heterocycles. The summed E-state index contributed by atoms with van der Waals surface area (Å²) in [5.74, 6) is -0.408. The summed E-state index contributed by atoms with van der Waals surface area (Å²) < 4.78 is 65.6. The number of para-hydroxylation sites is 1. The Morgan fingerprint density at radius 3 is 2.49 bits per heavy atom. The molecule has 192 valence electrons. The van der Waals surface area contributed by atoms with Crippen LogP contribution in [0.4, 0.5) is 24.5 Å². The van der Waals surface area contributed by atoms with Crippen molar-refractivity contribution in [3.8, 4) is 5.88 Å². The number of anilines is 1. The number of thiocarbonyl (C=S) groups is 1. The molecule has 0 fully saturated rings. The maximum absolute atomic E-state index is 13.5. The molecule has 3 aromatic carbocycles. The van der Waals surface area contributed by atoms with E-state index in [0.29, 0.717) is 10.9 Å². The van der Waals surface area contributed by atoms with Gasteiger partial charge in [-0.25, -0.2) is 13.6 Å². The highest BCUT2D eigenvalue weighted by Gasteiger charge is 2.33. The van der Waals surface area contributed by atoms with Gasteiger partial charge >= 0.3 is 6.18 Å². The van der Waals surface area contributed by atoms with Crippen molar-refractivity contribution >= 4 is 49.6 Å². The van der Waals surface area contributed by atoms with Crippen LogP contribution in [0.1, 0.15) is 16.7 Å². The average Bonchev–Trinajstić information content (AvgIpc) is 3.07. The summed E-state index contributed by atoms with van der Waals surface area (Å²) in [6.07, 6.45) is -4.57. The van der Waals surface area contributed by atoms with Crippen LogP contribution >= 0.6 is 12.2 Å². The number of azo groups is 1. The standard InChI is InChI=1S/C24H20F3N5O3S2/c1-14-10-11-19-16(12-14)21(22(33)32(19)13-15-6-2-3-7-17(15)24(25,26)27)30-31-23(36)29-18-8-4-5-9-20(18)37(28,34)35/h2-12,33H,13H2,1H3,(H,29,36)(H2,28,34,35). The molecule has 0 saturated carbocycles. The molecule has 1 heterocycles. The smallest absolute Gasteiger partial charge is 0.416 e. The van der Waals surface area contributed by atoms with Crippen LogP contribution in [0.15, 0.2) is 81.9 Å². The second kappa shape index (κ2) is 9.92. The Bertz CT molecular complexity index is 1650. The Morgan fingerprint density at radius 2 is 1.78 bits per heavy atom. The van der Waals surface area contributed by atoms with Crippen molar-refractivity contribution in [2.75, 3.05) is 5.32 Å². The van der Waals surface area contributed by atoms with Gasteiger partial charge in [0.2, 0.25) is 21.0 Å². The molecule has 0 aliphatic rings. The fraction of sp³-hybridized carbons (Fsp3) is 0.125. The molecule has 0 unspecified atom stereocenters. The number of aryl methyl sites for hydroxylation is 1. The molecule has 4 N–H and O–H groups in total. The molecule has 0 spiro atoms. The summed E-state index contributed by atoms with van der Waals surface area (Å²) in [4.78, 5) is -0.203. The zero-order valence-electron chi connectivity index (χ0n) is 19.2. The second-order valence-corrected chi connectivity index (χ2v) is 10.0. The third-order valence-corrected chi connectivity index (χ3v) is 6.65. The Morgan fingerprint density at radius 1 is 1.11 bits per heavy atom. The Kier molecular flexibility index (Phi) is 7.04. The lowest BCUT2D eigenvalue weighted by Gasteiger charge is -2.14. The molecule has 8 nitrogen and oxygen atoms in total. The van der Waals surface area contributed by atoms with Gasteiger partial charge in [-0.05, 0) is 55.0 Å². The van der Waals surface area contributed by atoms with Crippen LogP contribution in [0.25, 0.3) is 10.9 Å². The minimum atomic E-state index is -4.57. The number of fused-ring (bicyclic) bond motifs is 1. The molecule has 0 atom stereocenters. The second-order valence-electron chi connectivity index (χ2n) is 8.11. The summed E-state index contributed by atoms with van der Waals surface area (Å²) in [6.45, 7) is 1.53. The van der Waals surface area contributed by atoms with Gasteiger partial charge < -0.3 is 15.0 Å². The maximum Gasteiger partial charge on any atom is 0.416 e. The van der Waals surface area contributed by atoms with E-state index in [1.165, 1.54) is 41.0 Å². The topological polar surface area (TPSA) is 122 Å². The van der Waals surface area contributed by atoms with Gasteiger partial charge in [0.25, 0.3) is 0 Å². The third-order valence-electron chi connectivity index (χ3n) is 5.49. The maximum atomic E-state index is 13.5. The number of alkyl halides is 3. The number of nitrogens with one attached hydrogen (secondary N) is 1. The van der Waals surface area contributed by atoms with E-state index in [0.717, 1.165) is 11.6 Å². The van der Waals surface area contributed by atoms with Crippen molar-refractivity contribution in [1.29, 1.82) is 0 Å². The predicted molar refractivity (Wildman–Crippen MR) is 137 cm³/mol. The Balaban J connectivity index is 1.72. The Hall–Kier alpha value is -3.81. The number of nitrogens with two attached hydrogens (primary N) is 1. The van der Waals surface area contributed by atoms with Gasteiger partial charge in [0.15, 0.2) is 5.69 Å². The summed E-state index contributed by atoms with van der Waals surface area (Å²) in [5, 5.41) is 27.0. The van der Waals surface area contributed by atoms with E-state index in [1.807, 2.05) is 6.92 Å². The van der Waals surface area contributed by atoms with E-state index >= 15 is 0 Å². The third kappa shape index (κ3) is 5.63. The lowest BCUT2D eigenvalue weighted by atomic mass is 10.1. The van der Waals surface area contributed by atoms with E-state index in [9.17, 15) is 26.7 Å². The number of rotatable bonds is 5. The molecule has 4 rings (SSSR count). The summed E-state index contributed by atoms with van der Waals surface area (Å²) in [6, 6.07) is 16.0. The fourth-order valence-electron chi connectivity index (χ4n) is 3.85. The van der Waals surface area contributed by atoms with Crippen molar-refractivity contribution in [3.05, 3.63) is 83.4 Å². The van der Waals surface area contributed by atoms with Crippen LogP contribution in [-0.4, -0.2) is 23.2 Å². The van der Waals surface area contributed by atoms with Crippen molar-refractivity contribution in [1.82, 2.24) is 4.57 Å². The zero-order chi connectivity index (χ0) is 27.0. The molecule has 4 aromatic rings. The molecule has 13 heteroatoms. The van der Waals surface area contributed by atoms with Crippen molar-refractivity contribution in [2.45, 2.75) is 24.5 Å². The molecule has 0 aliphatic carbocycles. The minimum absolute atomic E-state index is 0.00734. The molecule has 0 bridgehead atoms. The van der Waals surface area contributed by atoms with Crippen LogP contribution in [0.5, 0.6) is 5.88 Å². The zero-order valence-corrected chi connectivity index (χ0v) is 20.8. The monoisotopic (exact) mass is 547 g/mol. The predicted octanol–water partition coefficient (Wildman–Crippen LogP) is 5.85. The van der Waals surface area contributed by atoms with E-state index < -0.39 is 27.6 Å². The van der Waals surface area contributed by atoms with Crippen LogP contribution in [0.2, 0.25) is 0 Å². The number of aromatic hydroxyl groups is 1. The number of hydrogen-bond donors (Lipinski definition) is 3. The fourth-order valence-corrected chi connectivity index (χ4v) is 4.70. The number of halogens is 3. The number of sulfonamides is 1. The number of hydrogen-bond acceptors (Lipinski definition) is 5. The van der Waals surface area contributed by atoms with E-state index in [4.69, 9.17) is 17.4 Å². The highest BCUT2D eigenvalue weighted by atomic mass is 32.2. The van der Waals surface area contributed by atoms with Gasteiger partial charge in [-0.15, -0.1) is 10.2 Å². The summed E-state index contributed by atoms with van der Waals surface area (Å²) in [5.41, 5.74) is 0.479. The van der Waals surface area contributed by atoms with E-state index in [-0.39, 0.29) is 33.5 Å². The summed E-state index contributed by atoms with van der Waals surface area (Å²) >= 11 is 5.16. The average molecular weight is 548 g/mol.